The molecule has 0 atom stereocenters. The van der Waals surface area contributed by atoms with Crippen LogP contribution in [0.3, 0.4) is 0 Å². The summed E-state index contributed by atoms with van der Waals surface area (Å²) in [6.07, 6.45) is 13.1. The Hall–Kier alpha value is -7.30. The van der Waals surface area contributed by atoms with Crippen LogP contribution in [0.2, 0.25) is 0 Å². The second-order valence-electron chi connectivity index (χ2n) is 16.2. The molecule has 308 valence electrons. The Balaban J connectivity index is 1.20. The van der Waals surface area contributed by atoms with E-state index in [9.17, 15) is 0 Å². The third-order valence-electron chi connectivity index (χ3n) is 11.2. The van der Waals surface area contributed by atoms with E-state index in [0.717, 1.165) is 88.3 Å². The molecule has 1 aliphatic rings. The van der Waals surface area contributed by atoms with Crippen molar-refractivity contribution in [2.24, 2.45) is 0 Å². The van der Waals surface area contributed by atoms with Crippen molar-refractivity contribution >= 4 is 56.9 Å². The summed E-state index contributed by atoms with van der Waals surface area (Å²) in [5.41, 5.74) is 17.0. The van der Waals surface area contributed by atoms with Gasteiger partial charge >= 0.3 is 0 Å². The zero-order chi connectivity index (χ0) is 42.8. The number of allylic oxidation sites excluding steroid dienone is 6. The summed E-state index contributed by atoms with van der Waals surface area (Å²) in [6.45, 7) is 13.2. The van der Waals surface area contributed by atoms with Crippen LogP contribution in [0.1, 0.15) is 50.7 Å². The number of anilines is 10. The van der Waals surface area contributed by atoms with E-state index in [-0.39, 0.29) is 0 Å². The second-order valence-corrected chi connectivity index (χ2v) is 16.2. The highest BCUT2D eigenvalue weighted by molar-refractivity contribution is 5.83. The number of hydrogen-bond acceptors (Lipinski definition) is 4. The molecule has 62 heavy (non-hydrogen) atoms. The molecule has 0 heterocycles. The van der Waals surface area contributed by atoms with Crippen LogP contribution in [0.15, 0.2) is 230 Å². The van der Waals surface area contributed by atoms with Gasteiger partial charge in [-0.05, 0) is 192 Å². The fraction of sp³-hybridized carbons (Fsp3) is 0.138. The monoisotopic (exact) mass is 808 g/mol. The predicted molar refractivity (Wildman–Crippen MR) is 267 cm³/mol. The quantitative estimate of drug-likeness (QED) is 0.0957. The molecule has 0 aromatic heterocycles. The van der Waals surface area contributed by atoms with Gasteiger partial charge in [0.05, 0.1) is 0 Å². The van der Waals surface area contributed by atoms with Gasteiger partial charge < -0.3 is 19.6 Å². The molecular formula is C58H56N4. The minimum Gasteiger partial charge on any atom is -0.315 e. The third-order valence-corrected chi connectivity index (χ3v) is 11.2. The highest BCUT2D eigenvalue weighted by atomic mass is 15.2. The van der Waals surface area contributed by atoms with Gasteiger partial charge in [0.2, 0.25) is 0 Å². The molecule has 4 nitrogen and oxygen atoms in total. The maximum atomic E-state index is 4.58. The van der Waals surface area contributed by atoms with E-state index in [2.05, 4.69) is 260 Å². The molecule has 0 amide bonds. The van der Waals surface area contributed by atoms with Crippen molar-refractivity contribution in [3.63, 3.8) is 0 Å². The summed E-state index contributed by atoms with van der Waals surface area (Å²) in [6, 6.07) is 65.4. The smallest absolute Gasteiger partial charge is 0.0464 e. The number of nitrogens with zero attached hydrogens (tertiary/aromatic N) is 4. The van der Waals surface area contributed by atoms with Crippen molar-refractivity contribution in [2.45, 2.75) is 53.4 Å². The normalized spacial score (nSPS) is 12.0. The van der Waals surface area contributed by atoms with E-state index in [1.165, 1.54) is 22.4 Å². The number of rotatable bonds is 15. The largest absolute Gasteiger partial charge is 0.315 e. The first-order valence-electron chi connectivity index (χ1n) is 21.7. The number of para-hydroxylation sites is 2. The minimum absolute atomic E-state index is 0.863. The Morgan fingerprint density at radius 1 is 0.468 bits per heavy atom. The van der Waals surface area contributed by atoms with Crippen LogP contribution in [-0.2, 0) is 0 Å². The first-order valence-corrected chi connectivity index (χ1v) is 21.7. The summed E-state index contributed by atoms with van der Waals surface area (Å²) in [4.78, 5) is 9.33. The number of benzene rings is 7. The van der Waals surface area contributed by atoms with E-state index >= 15 is 0 Å². The van der Waals surface area contributed by atoms with Crippen LogP contribution in [-0.4, -0.2) is 0 Å². The Labute approximate surface area is 369 Å². The molecule has 0 fully saturated rings. The highest BCUT2D eigenvalue weighted by Crippen LogP contribution is 2.42. The van der Waals surface area contributed by atoms with Gasteiger partial charge in [0.1, 0.15) is 0 Å². The van der Waals surface area contributed by atoms with Crippen molar-refractivity contribution in [3.05, 3.63) is 241 Å². The average molecular weight is 809 g/mol. The van der Waals surface area contributed by atoms with Gasteiger partial charge in [-0.3, -0.25) is 0 Å². The third kappa shape index (κ3) is 9.67. The predicted octanol–water partition coefficient (Wildman–Crippen LogP) is 17.0. The Bertz CT molecular complexity index is 2670. The molecule has 0 N–H and O–H groups in total. The molecule has 0 aliphatic heterocycles. The standard InChI is InChI=1S/C58H56N4/c1-44(2)18-15-21-47(5)59(48-22-9-6-10-23-48)51-30-32-52(33-31-51)60(53-34-38-55(39-35-53)61(49-24-11-7-12-25-49)57-28-16-19-45(3)42-57)54-36-40-56(41-37-54)62(50-26-13-8-14-27-50)58-29-17-20-46(4)43-58/h6-7,9-13,16-20,22-43H,5,8,14-15,21H2,1-4H3. The van der Waals surface area contributed by atoms with Crippen molar-refractivity contribution < 1.29 is 0 Å². The SMILES string of the molecule is C=C(CCC=C(C)C)N(c1ccccc1)c1ccc(N(c2ccc(N(C3=CCCC=C3)c3cccc(C)c3)cc2)c2ccc(N(c3ccccc3)c3cccc(C)c3)cc2)cc1. The van der Waals surface area contributed by atoms with E-state index in [4.69, 9.17) is 0 Å². The van der Waals surface area contributed by atoms with Gasteiger partial charge in [-0.1, -0.05) is 91.0 Å². The lowest BCUT2D eigenvalue weighted by molar-refractivity contribution is 0.930. The first-order chi connectivity index (χ1) is 30.3. The van der Waals surface area contributed by atoms with Crippen LogP contribution in [0.4, 0.5) is 56.9 Å². The Morgan fingerprint density at radius 3 is 1.34 bits per heavy atom. The lowest BCUT2D eigenvalue weighted by Crippen LogP contribution is -2.17. The van der Waals surface area contributed by atoms with Crippen molar-refractivity contribution in [1.82, 2.24) is 0 Å². The maximum Gasteiger partial charge on any atom is 0.0464 e. The van der Waals surface area contributed by atoms with Crippen LogP contribution < -0.4 is 19.6 Å². The summed E-state index contributed by atoms with van der Waals surface area (Å²) in [5, 5.41) is 0. The maximum absolute atomic E-state index is 4.58. The molecule has 7 aromatic rings. The summed E-state index contributed by atoms with van der Waals surface area (Å²) in [5.74, 6) is 0. The van der Waals surface area contributed by atoms with E-state index < -0.39 is 0 Å². The molecule has 0 radical (unpaired) electrons. The van der Waals surface area contributed by atoms with Crippen molar-refractivity contribution in [2.75, 3.05) is 19.6 Å². The second kappa shape index (κ2) is 19.4. The summed E-state index contributed by atoms with van der Waals surface area (Å²) < 4.78 is 0. The van der Waals surface area contributed by atoms with E-state index in [0.29, 0.717) is 0 Å². The lowest BCUT2D eigenvalue weighted by Gasteiger charge is -2.31. The van der Waals surface area contributed by atoms with Crippen LogP contribution in [0, 0.1) is 13.8 Å². The van der Waals surface area contributed by atoms with Crippen LogP contribution in [0.5, 0.6) is 0 Å². The van der Waals surface area contributed by atoms with Gasteiger partial charge in [0.25, 0.3) is 0 Å². The fourth-order valence-electron chi connectivity index (χ4n) is 8.20. The molecular weight excluding hydrogens is 753 g/mol. The van der Waals surface area contributed by atoms with Gasteiger partial charge in [-0.2, -0.15) is 0 Å². The van der Waals surface area contributed by atoms with Crippen molar-refractivity contribution in [1.29, 1.82) is 0 Å². The topological polar surface area (TPSA) is 13.0 Å². The minimum atomic E-state index is 0.863. The molecule has 8 rings (SSSR count). The van der Waals surface area contributed by atoms with Gasteiger partial charge in [0.15, 0.2) is 0 Å². The van der Waals surface area contributed by atoms with E-state index in [1.54, 1.807) is 0 Å². The molecule has 0 saturated heterocycles. The Kier molecular flexibility index (Phi) is 13.0. The summed E-state index contributed by atoms with van der Waals surface area (Å²) >= 11 is 0. The lowest BCUT2D eigenvalue weighted by atomic mass is 10.1. The van der Waals surface area contributed by atoms with Crippen molar-refractivity contribution in [3.8, 4) is 0 Å². The molecule has 0 bridgehead atoms. The molecule has 1 aliphatic carbocycles. The zero-order valence-corrected chi connectivity index (χ0v) is 36.5. The fourth-order valence-corrected chi connectivity index (χ4v) is 8.20. The van der Waals surface area contributed by atoms with Gasteiger partial charge in [-0.15, -0.1) is 0 Å². The zero-order valence-electron chi connectivity index (χ0n) is 36.5. The van der Waals surface area contributed by atoms with Gasteiger partial charge in [-0.25, -0.2) is 0 Å². The van der Waals surface area contributed by atoms with Gasteiger partial charge in [0, 0.05) is 68.3 Å². The van der Waals surface area contributed by atoms with Crippen LogP contribution in [0.25, 0.3) is 0 Å². The molecule has 0 spiro atoms. The highest BCUT2D eigenvalue weighted by Gasteiger charge is 2.20. The first kappa shape index (κ1) is 41.4. The molecule has 4 heteroatoms. The number of hydrogen-bond donors (Lipinski definition) is 0. The molecule has 7 aromatic carbocycles. The number of aryl methyl sites for hydroxylation is 2. The summed E-state index contributed by atoms with van der Waals surface area (Å²) in [7, 11) is 0. The Morgan fingerprint density at radius 2 is 0.871 bits per heavy atom. The molecule has 0 unspecified atom stereocenters. The van der Waals surface area contributed by atoms with E-state index in [1.807, 2.05) is 0 Å². The average Bonchev–Trinajstić information content (AvgIpc) is 3.29. The van der Waals surface area contributed by atoms with Crippen LogP contribution >= 0.6 is 0 Å². The molecule has 0 saturated carbocycles.